The Morgan fingerprint density at radius 1 is 1.45 bits per heavy atom. The van der Waals surface area contributed by atoms with Gasteiger partial charge in [0, 0.05) is 12.3 Å². The summed E-state index contributed by atoms with van der Waals surface area (Å²) in [4.78, 5) is 12.0. The maximum Gasteiger partial charge on any atom is 0.416 e. The van der Waals surface area contributed by atoms with Gasteiger partial charge < -0.3 is 15.8 Å². The predicted octanol–water partition coefficient (Wildman–Crippen LogP) is 2.19. The van der Waals surface area contributed by atoms with E-state index in [4.69, 9.17) is 10.5 Å². The van der Waals surface area contributed by atoms with Crippen LogP contribution in [0.2, 0.25) is 0 Å². The molecular formula is C13H15F3N2O2. The predicted molar refractivity (Wildman–Crippen MR) is 67.1 cm³/mol. The lowest BCUT2D eigenvalue weighted by molar-refractivity contribution is -0.137. The molecule has 1 heterocycles. The van der Waals surface area contributed by atoms with Crippen molar-refractivity contribution in [1.29, 1.82) is 0 Å². The Hall–Kier alpha value is -1.76. The van der Waals surface area contributed by atoms with E-state index in [2.05, 4.69) is 5.32 Å². The number of rotatable bonds is 2. The molecule has 2 unspecified atom stereocenters. The van der Waals surface area contributed by atoms with Crippen molar-refractivity contribution in [3.05, 3.63) is 29.3 Å². The number of anilines is 1. The number of nitrogen functional groups attached to an aromatic ring is 1. The Balaban J connectivity index is 2.20. The van der Waals surface area contributed by atoms with Crippen molar-refractivity contribution in [2.24, 2.45) is 0 Å². The van der Waals surface area contributed by atoms with Gasteiger partial charge in [0.15, 0.2) is 0 Å². The van der Waals surface area contributed by atoms with Crippen molar-refractivity contribution in [2.75, 3.05) is 12.3 Å². The summed E-state index contributed by atoms with van der Waals surface area (Å²) in [5.41, 5.74) is 4.54. The molecule has 3 N–H and O–H groups in total. The van der Waals surface area contributed by atoms with Crippen molar-refractivity contribution in [3.63, 3.8) is 0 Å². The van der Waals surface area contributed by atoms with Gasteiger partial charge in [-0.15, -0.1) is 0 Å². The molecule has 1 fully saturated rings. The molecular weight excluding hydrogens is 273 g/mol. The molecule has 1 aromatic rings. The molecule has 1 aliphatic heterocycles. The first-order valence-electron chi connectivity index (χ1n) is 6.18. The van der Waals surface area contributed by atoms with Crippen LogP contribution in [-0.4, -0.2) is 24.7 Å². The van der Waals surface area contributed by atoms with E-state index in [1.807, 2.05) is 0 Å². The van der Waals surface area contributed by atoms with Crippen LogP contribution in [0.3, 0.4) is 0 Å². The van der Waals surface area contributed by atoms with Gasteiger partial charge in [-0.05, 0) is 31.5 Å². The van der Waals surface area contributed by atoms with Gasteiger partial charge in [0.05, 0.1) is 23.3 Å². The van der Waals surface area contributed by atoms with Crippen LogP contribution in [0.25, 0.3) is 0 Å². The van der Waals surface area contributed by atoms with E-state index in [-0.39, 0.29) is 23.4 Å². The van der Waals surface area contributed by atoms with Crippen LogP contribution in [0.1, 0.15) is 29.3 Å². The third-order valence-corrected chi connectivity index (χ3v) is 3.32. The highest BCUT2D eigenvalue weighted by Crippen LogP contribution is 2.31. The molecule has 0 aliphatic carbocycles. The summed E-state index contributed by atoms with van der Waals surface area (Å²) in [7, 11) is 0. The number of nitrogens with one attached hydrogen (secondary N) is 1. The van der Waals surface area contributed by atoms with E-state index in [9.17, 15) is 18.0 Å². The second kappa shape index (κ2) is 5.32. The van der Waals surface area contributed by atoms with Gasteiger partial charge in [0.25, 0.3) is 5.91 Å². The minimum absolute atomic E-state index is 0.0158. The van der Waals surface area contributed by atoms with Gasteiger partial charge in [-0.3, -0.25) is 4.79 Å². The number of carbonyl (C=O) groups excluding carboxylic acids is 1. The third kappa shape index (κ3) is 3.04. The number of alkyl halides is 3. The Bertz CT molecular complexity index is 517. The summed E-state index contributed by atoms with van der Waals surface area (Å²) >= 11 is 0. The highest BCUT2D eigenvalue weighted by Gasteiger charge is 2.32. The molecule has 1 aromatic carbocycles. The molecule has 1 amide bonds. The molecule has 0 aromatic heterocycles. The van der Waals surface area contributed by atoms with Crippen LogP contribution in [0.15, 0.2) is 18.2 Å². The fraction of sp³-hybridized carbons (Fsp3) is 0.462. The summed E-state index contributed by atoms with van der Waals surface area (Å²) in [6, 6.07) is 2.50. The number of benzene rings is 1. The molecule has 110 valence electrons. The number of hydrogen-bond donors (Lipinski definition) is 2. The topological polar surface area (TPSA) is 64.3 Å². The van der Waals surface area contributed by atoms with Crippen LogP contribution in [0.4, 0.5) is 18.9 Å². The average molecular weight is 288 g/mol. The first-order chi connectivity index (χ1) is 9.29. The second-order valence-corrected chi connectivity index (χ2v) is 4.74. The smallest absolute Gasteiger partial charge is 0.398 e. The molecule has 0 radical (unpaired) electrons. The van der Waals surface area contributed by atoms with E-state index in [1.165, 1.54) is 0 Å². The molecule has 4 nitrogen and oxygen atoms in total. The van der Waals surface area contributed by atoms with E-state index in [0.717, 1.165) is 18.2 Å². The van der Waals surface area contributed by atoms with E-state index < -0.39 is 17.6 Å². The van der Waals surface area contributed by atoms with Crippen molar-refractivity contribution < 1.29 is 22.7 Å². The second-order valence-electron chi connectivity index (χ2n) is 4.74. The molecule has 0 spiro atoms. The lowest BCUT2D eigenvalue weighted by atomic mass is 10.1. The molecule has 2 atom stereocenters. The number of hydrogen-bond acceptors (Lipinski definition) is 3. The van der Waals surface area contributed by atoms with Crippen LogP contribution >= 0.6 is 0 Å². The van der Waals surface area contributed by atoms with Gasteiger partial charge >= 0.3 is 6.18 Å². The van der Waals surface area contributed by atoms with Gasteiger partial charge in [0.2, 0.25) is 0 Å². The minimum atomic E-state index is -4.51. The summed E-state index contributed by atoms with van der Waals surface area (Å²) in [5.74, 6) is -0.615. The quantitative estimate of drug-likeness (QED) is 0.820. The monoisotopic (exact) mass is 288 g/mol. The zero-order valence-corrected chi connectivity index (χ0v) is 10.8. The van der Waals surface area contributed by atoms with Gasteiger partial charge in [0.1, 0.15) is 0 Å². The van der Waals surface area contributed by atoms with Gasteiger partial charge in [-0.2, -0.15) is 13.2 Å². The summed E-state index contributed by atoms with van der Waals surface area (Å²) in [6.07, 6.45) is -4.04. The lowest BCUT2D eigenvalue weighted by Crippen LogP contribution is -2.39. The molecule has 2 rings (SSSR count). The zero-order chi connectivity index (χ0) is 14.9. The zero-order valence-electron chi connectivity index (χ0n) is 10.8. The standard InChI is InChI=1S/C13H15F3N2O2/c1-7-11(4-5-20-7)18-12(19)9-6-8(13(14,15)16)2-3-10(9)17/h2-3,6-7,11H,4-5,17H2,1H3,(H,18,19). The van der Waals surface area contributed by atoms with E-state index in [1.54, 1.807) is 6.92 Å². The summed E-state index contributed by atoms with van der Waals surface area (Å²) in [5, 5.41) is 2.65. The Labute approximate surface area is 114 Å². The number of nitrogens with two attached hydrogens (primary N) is 1. The third-order valence-electron chi connectivity index (χ3n) is 3.32. The maximum atomic E-state index is 12.6. The van der Waals surface area contributed by atoms with E-state index >= 15 is 0 Å². The maximum absolute atomic E-state index is 12.6. The largest absolute Gasteiger partial charge is 0.416 e. The van der Waals surface area contributed by atoms with Crippen molar-refractivity contribution in [2.45, 2.75) is 31.7 Å². The minimum Gasteiger partial charge on any atom is -0.398 e. The normalized spacial score (nSPS) is 22.8. The molecule has 0 bridgehead atoms. The lowest BCUT2D eigenvalue weighted by Gasteiger charge is -2.17. The Morgan fingerprint density at radius 3 is 2.70 bits per heavy atom. The Morgan fingerprint density at radius 2 is 2.15 bits per heavy atom. The molecule has 7 heteroatoms. The van der Waals surface area contributed by atoms with Crippen molar-refractivity contribution >= 4 is 11.6 Å². The summed E-state index contributed by atoms with van der Waals surface area (Å²) in [6.45, 7) is 2.32. The SMILES string of the molecule is CC1OCCC1NC(=O)c1cc(C(F)(F)F)ccc1N. The highest BCUT2D eigenvalue weighted by molar-refractivity contribution is 5.99. The Kier molecular flexibility index (Phi) is 3.89. The van der Waals surface area contributed by atoms with Crippen LogP contribution in [0, 0.1) is 0 Å². The summed E-state index contributed by atoms with van der Waals surface area (Å²) < 4.78 is 43.2. The molecule has 20 heavy (non-hydrogen) atoms. The van der Waals surface area contributed by atoms with Crippen molar-refractivity contribution in [1.82, 2.24) is 5.32 Å². The fourth-order valence-corrected chi connectivity index (χ4v) is 2.10. The van der Waals surface area contributed by atoms with E-state index in [0.29, 0.717) is 13.0 Å². The molecule has 1 saturated heterocycles. The number of halogens is 3. The number of amides is 1. The van der Waals surface area contributed by atoms with Crippen LogP contribution in [0.5, 0.6) is 0 Å². The van der Waals surface area contributed by atoms with Crippen molar-refractivity contribution in [3.8, 4) is 0 Å². The highest BCUT2D eigenvalue weighted by atomic mass is 19.4. The molecule has 1 aliphatic rings. The number of carbonyl (C=O) groups is 1. The first kappa shape index (κ1) is 14.6. The number of ether oxygens (including phenoxy) is 1. The molecule has 0 saturated carbocycles. The van der Waals surface area contributed by atoms with Gasteiger partial charge in [-0.25, -0.2) is 0 Å². The van der Waals surface area contributed by atoms with Gasteiger partial charge in [-0.1, -0.05) is 0 Å². The van der Waals surface area contributed by atoms with Crippen LogP contribution in [-0.2, 0) is 10.9 Å². The van der Waals surface area contributed by atoms with Crippen LogP contribution < -0.4 is 11.1 Å². The average Bonchev–Trinajstić information content (AvgIpc) is 2.74. The fourth-order valence-electron chi connectivity index (χ4n) is 2.10. The first-order valence-corrected chi connectivity index (χ1v) is 6.18.